The van der Waals surface area contributed by atoms with Crippen molar-refractivity contribution in [2.24, 2.45) is 17.3 Å². The molecule has 1 aliphatic rings. The molecule has 0 unspecified atom stereocenters. The van der Waals surface area contributed by atoms with Crippen LogP contribution in [0.5, 0.6) is 0 Å². The third kappa shape index (κ3) is 15.7. The predicted octanol–water partition coefficient (Wildman–Crippen LogP) is 21.8. The molecule has 10 rings (SSSR count). The van der Waals surface area contributed by atoms with E-state index in [1.165, 1.54) is 131 Å². The fourth-order valence-electron chi connectivity index (χ4n) is 12.1. The van der Waals surface area contributed by atoms with Gasteiger partial charge in [-0.1, -0.05) is 183 Å². The molecule has 1 fully saturated rings. The van der Waals surface area contributed by atoms with Crippen LogP contribution < -0.4 is 0 Å². The maximum atomic E-state index is 11.7. The summed E-state index contributed by atoms with van der Waals surface area (Å²) in [5.74, 6) is 1.19. The number of aliphatic hydroxyl groups is 1. The summed E-state index contributed by atoms with van der Waals surface area (Å²) in [6, 6.07) is 51.5. The number of hydrogen-bond donors (Lipinski definition) is 1. The summed E-state index contributed by atoms with van der Waals surface area (Å²) >= 11 is 1.90. The zero-order valence-electron chi connectivity index (χ0n) is 51.1. The molecule has 82 heavy (non-hydrogen) atoms. The second-order valence-corrected chi connectivity index (χ2v) is 25.1. The minimum Gasteiger partial charge on any atom is -0.512 e. The van der Waals surface area contributed by atoms with Crippen LogP contribution in [-0.2, 0) is 31.3 Å². The minimum atomic E-state index is 0. The van der Waals surface area contributed by atoms with Crippen LogP contribution in [0.3, 0.4) is 0 Å². The van der Waals surface area contributed by atoms with Crippen LogP contribution in [0.25, 0.3) is 76.1 Å². The average Bonchev–Trinajstić information content (AvgIpc) is 3.24. The molecule has 6 aromatic carbocycles. The Morgan fingerprint density at radius 2 is 1.23 bits per heavy atom. The number of fused-ring (bicyclic) bond motifs is 2. The largest absolute Gasteiger partial charge is 0.512 e. The average molecular weight is 1280 g/mol. The van der Waals surface area contributed by atoms with E-state index < -0.39 is 0 Å². The van der Waals surface area contributed by atoms with E-state index in [1.54, 1.807) is 0 Å². The molecule has 0 bridgehead atoms. The van der Waals surface area contributed by atoms with Crippen molar-refractivity contribution in [2.45, 2.75) is 160 Å². The van der Waals surface area contributed by atoms with Crippen molar-refractivity contribution in [3.05, 3.63) is 202 Å². The summed E-state index contributed by atoms with van der Waals surface area (Å²) in [6.45, 7) is 28.0. The fourth-order valence-corrected chi connectivity index (χ4v) is 13.6. The number of rotatable bonds is 14. The number of aryl methyl sites for hydroxylation is 6. The predicted molar refractivity (Wildman–Crippen MR) is 347 cm³/mol. The number of nitrogens with zero attached hydrogens (tertiary/aromatic N) is 2. The van der Waals surface area contributed by atoms with Gasteiger partial charge in [-0.15, -0.1) is 75.4 Å². The SMILES string of the molecule is CCC(CC)C(=O)/C=C(\O)C(CC)CC.Cc1[c-]c(-c2cc(-c3ccc(-c4ccc(CC(C)(C)C)cc4)cc3)ccn2)cc(C)c1.Cc1cc(C)c(-c2sc3c(-c4[c-]c5ccccc5c(C5CCCCC5)c4)nccc3c2C)c(C)c1.[Ir]. The smallest absolute Gasteiger partial charge is 0.162 e. The molecule has 0 saturated heterocycles. The van der Waals surface area contributed by atoms with E-state index >= 15 is 0 Å². The Bertz CT molecular complexity index is 3580. The van der Waals surface area contributed by atoms with E-state index in [0.717, 1.165) is 60.2 Å². The third-order valence-electron chi connectivity index (χ3n) is 16.4. The van der Waals surface area contributed by atoms with E-state index in [9.17, 15) is 9.90 Å². The number of allylic oxidation sites excluding steroid dienone is 2. The van der Waals surface area contributed by atoms with Crippen molar-refractivity contribution in [1.29, 1.82) is 0 Å². The first kappa shape index (κ1) is 63.3. The third-order valence-corrected chi connectivity index (χ3v) is 17.7. The van der Waals surface area contributed by atoms with Crippen molar-refractivity contribution in [2.75, 3.05) is 0 Å². The monoisotopic (exact) mass is 1280 g/mol. The molecule has 3 aromatic heterocycles. The Labute approximate surface area is 509 Å². The molecule has 0 spiro atoms. The Morgan fingerprint density at radius 3 is 1.84 bits per heavy atom. The van der Waals surface area contributed by atoms with Crippen molar-refractivity contribution in [3.8, 4) is 55.2 Å². The van der Waals surface area contributed by atoms with Gasteiger partial charge in [0.05, 0.1) is 5.76 Å². The fraction of sp³-hybridized carbons (Fsp3) is 0.355. The summed E-state index contributed by atoms with van der Waals surface area (Å²) in [5, 5.41) is 13.7. The minimum absolute atomic E-state index is 0. The van der Waals surface area contributed by atoms with Crippen LogP contribution in [0, 0.1) is 70.9 Å². The summed E-state index contributed by atoms with van der Waals surface area (Å²) in [7, 11) is 0. The van der Waals surface area contributed by atoms with Crippen LogP contribution in [0.4, 0.5) is 0 Å². The molecule has 0 atom stereocenters. The van der Waals surface area contributed by atoms with Crippen molar-refractivity contribution in [1.82, 2.24) is 9.97 Å². The number of carbonyl (C=O) groups excluding carboxylic acids is 1. The Balaban J connectivity index is 0.000000190. The van der Waals surface area contributed by atoms with Gasteiger partial charge in [0.1, 0.15) is 0 Å². The Morgan fingerprint density at radius 1 is 0.646 bits per heavy atom. The number of pyridine rings is 2. The van der Waals surface area contributed by atoms with Crippen LogP contribution in [0.1, 0.15) is 157 Å². The second-order valence-electron chi connectivity index (χ2n) is 24.1. The van der Waals surface area contributed by atoms with E-state index in [4.69, 9.17) is 4.98 Å². The van der Waals surface area contributed by atoms with Gasteiger partial charge in [0.2, 0.25) is 0 Å². The van der Waals surface area contributed by atoms with E-state index in [0.29, 0.717) is 11.3 Å². The van der Waals surface area contributed by atoms with Crippen LogP contribution in [0.2, 0.25) is 0 Å². The maximum absolute atomic E-state index is 11.7. The molecule has 0 amide bonds. The summed E-state index contributed by atoms with van der Waals surface area (Å²) in [5.41, 5.74) is 21.4. The number of hydrogen-bond acceptors (Lipinski definition) is 5. The molecular weight excluding hydrogens is 1200 g/mol. The van der Waals surface area contributed by atoms with Crippen molar-refractivity contribution in [3.63, 3.8) is 0 Å². The van der Waals surface area contributed by atoms with Gasteiger partial charge in [0, 0.05) is 65.7 Å². The Kier molecular flexibility index (Phi) is 22.2. The zero-order chi connectivity index (χ0) is 58.0. The number of benzene rings is 6. The van der Waals surface area contributed by atoms with E-state index in [-0.39, 0.29) is 43.5 Å². The van der Waals surface area contributed by atoms with Gasteiger partial charge in [-0.25, -0.2) is 0 Å². The molecule has 4 nitrogen and oxygen atoms in total. The number of aliphatic hydroxyl groups excluding tert-OH is 1. The first-order valence-electron chi connectivity index (χ1n) is 29.9. The molecule has 429 valence electrons. The molecule has 1 saturated carbocycles. The first-order chi connectivity index (χ1) is 38.9. The molecular formula is C76H86IrN2O2S-2. The van der Waals surface area contributed by atoms with Crippen molar-refractivity contribution >= 4 is 38.0 Å². The van der Waals surface area contributed by atoms with Gasteiger partial charge in [0.15, 0.2) is 5.78 Å². The van der Waals surface area contributed by atoms with Gasteiger partial charge >= 0.3 is 0 Å². The number of ketones is 1. The topological polar surface area (TPSA) is 63.1 Å². The standard InChI is InChI=1S/C33H32NS.C30H30N.C13H24O2.Ir/c1-20-16-21(2)30(22(3)17-20)32-23(4)27-14-15-34-31(33(27)35-32)26-18-25-12-8-9-13-28(25)29(19-26)24-10-6-5-7-11-24;1-21-16-22(2)18-28(17-21)29-19-27(14-15-31-29)26-12-10-25(11-13-26)24-8-6-23(7-9-24)20-30(3,4)5;1-5-10(6-2)12(14)9-13(15)11(7-3)8-4;/h8-9,12-17,19,24H,5-7,10-11H2,1-4H3;6-17,19H,20H2,1-5H3;9-11,14H,5-8H2,1-4H3;/q2*-1;;/b;;12-9-;. The molecule has 1 radical (unpaired) electrons. The summed E-state index contributed by atoms with van der Waals surface area (Å²) in [4.78, 5) is 22.6. The molecule has 1 N–H and O–H groups in total. The normalized spacial score (nSPS) is 12.9. The quantitative estimate of drug-likeness (QED) is 0.0669. The summed E-state index contributed by atoms with van der Waals surface area (Å²) < 4.78 is 1.28. The number of thiophene rings is 1. The van der Waals surface area contributed by atoms with Gasteiger partial charge < -0.3 is 10.1 Å². The van der Waals surface area contributed by atoms with Gasteiger partial charge in [-0.2, -0.15) is 0 Å². The first-order valence-corrected chi connectivity index (χ1v) is 30.7. The van der Waals surface area contributed by atoms with E-state index in [2.05, 4.69) is 201 Å². The molecule has 6 heteroatoms. The number of carbonyl (C=O) groups is 1. The summed E-state index contributed by atoms with van der Waals surface area (Å²) in [6.07, 6.45) is 16.5. The zero-order valence-corrected chi connectivity index (χ0v) is 54.3. The van der Waals surface area contributed by atoms with Crippen molar-refractivity contribution < 1.29 is 30.0 Å². The second kappa shape index (κ2) is 28.8. The maximum Gasteiger partial charge on any atom is 0.162 e. The van der Waals surface area contributed by atoms with Gasteiger partial charge in [-0.05, 0) is 157 Å². The van der Waals surface area contributed by atoms with E-state index in [1.807, 2.05) is 51.4 Å². The Hall–Kier alpha value is -6.30. The molecule has 1 aliphatic carbocycles. The molecule has 0 aliphatic heterocycles. The van der Waals surface area contributed by atoms with Gasteiger partial charge in [0.25, 0.3) is 0 Å². The van der Waals surface area contributed by atoms with Crippen LogP contribution >= 0.6 is 11.3 Å². The van der Waals surface area contributed by atoms with Crippen LogP contribution in [-0.4, -0.2) is 20.9 Å². The molecule has 9 aromatic rings. The number of aromatic nitrogens is 2. The van der Waals surface area contributed by atoms with Gasteiger partial charge in [-0.3, -0.25) is 9.78 Å². The van der Waals surface area contributed by atoms with Crippen LogP contribution in [0.15, 0.2) is 146 Å². The molecule has 3 heterocycles.